The molecule has 228 valence electrons. The van der Waals surface area contributed by atoms with Gasteiger partial charge in [-0.1, -0.05) is 102 Å². The summed E-state index contributed by atoms with van der Waals surface area (Å²) in [5.74, 6) is -3.92. The van der Waals surface area contributed by atoms with Crippen molar-refractivity contribution in [2.75, 3.05) is 4.90 Å². The van der Waals surface area contributed by atoms with E-state index in [0.29, 0.717) is 4.88 Å². The lowest BCUT2D eigenvalue weighted by Crippen LogP contribution is -2.14. The number of ketones is 1. The SMILES string of the molecule is CC(C)(C)c1ccc(N(c2ccc(-c3ccc(/C=C4/C(=O)c5ccccc5C4(F)F)s3)cc2)c2ccc(C(C)(C)C)cc2)cc1. The molecule has 5 aromatic rings. The number of hydrogen-bond acceptors (Lipinski definition) is 3. The van der Waals surface area contributed by atoms with Gasteiger partial charge < -0.3 is 4.90 Å². The van der Waals surface area contributed by atoms with Crippen molar-refractivity contribution in [3.63, 3.8) is 0 Å². The van der Waals surface area contributed by atoms with Crippen LogP contribution in [-0.2, 0) is 16.8 Å². The summed E-state index contributed by atoms with van der Waals surface area (Å²) < 4.78 is 30.3. The summed E-state index contributed by atoms with van der Waals surface area (Å²) in [6.45, 7) is 13.3. The molecule has 1 aliphatic rings. The Bertz CT molecular complexity index is 1830. The predicted octanol–water partition coefficient (Wildman–Crippen LogP) is 11.9. The van der Waals surface area contributed by atoms with Gasteiger partial charge in [-0.05, 0) is 82.1 Å². The van der Waals surface area contributed by atoms with Gasteiger partial charge in [0.15, 0.2) is 5.78 Å². The van der Waals surface area contributed by atoms with Gasteiger partial charge in [0.1, 0.15) is 0 Å². The molecule has 4 aromatic carbocycles. The van der Waals surface area contributed by atoms with Gasteiger partial charge in [-0.2, -0.15) is 8.78 Å². The van der Waals surface area contributed by atoms with Crippen molar-refractivity contribution in [2.24, 2.45) is 0 Å². The molecule has 0 unspecified atom stereocenters. The number of carbonyl (C=O) groups excluding carboxylic acids is 1. The van der Waals surface area contributed by atoms with Crippen LogP contribution < -0.4 is 4.90 Å². The fourth-order valence-electron chi connectivity index (χ4n) is 5.71. The first kappa shape index (κ1) is 30.7. The molecular formula is C40H37F2NOS. The summed E-state index contributed by atoms with van der Waals surface area (Å²) in [6, 6.07) is 35.4. The predicted molar refractivity (Wildman–Crippen MR) is 184 cm³/mol. The molecule has 0 saturated carbocycles. The summed E-state index contributed by atoms with van der Waals surface area (Å²) in [5.41, 5.74) is 6.15. The van der Waals surface area contributed by atoms with Crippen LogP contribution in [0, 0.1) is 0 Å². The second-order valence-corrected chi connectivity index (χ2v) is 14.8. The van der Waals surface area contributed by atoms with Gasteiger partial charge in [-0.25, -0.2) is 0 Å². The Morgan fingerprint density at radius 3 is 1.62 bits per heavy atom. The molecule has 2 nitrogen and oxygen atoms in total. The third-order valence-electron chi connectivity index (χ3n) is 8.40. The lowest BCUT2D eigenvalue weighted by Gasteiger charge is -2.28. The first-order chi connectivity index (χ1) is 21.2. The minimum Gasteiger partial charge on any atom is -0.311 e. The van der Waals surface area contributed by atoms with Crippen LogP contribution in [0.3, 0.4) is 0 Å². The van der Waals surface area contributed by atoms with Crippen molar-refractivity contribution in [3.05, 3.63) is 142 Å². The lowest BCUT2D eigenvalue weighted by molar-refractivity contribution is 0.0437. The Labute approximate surface area is 268 Å². The van der Waals surface area contributed by atoms with E-state index in [-0.39, 0.29) is 22.0 Å². The summed E-state index contributed by atoms with van der Waals surface area (Å²) in [4.78, 5) is 16.6. The van der Waals surface area contributed by atoms with Crippen LogP contribution in [0.15, 0.2) is 115 Å². The molecule has 0 aliphatic heterocycles. The highest BCUT2D eigenvalue weighted by molar-refractivity contribution is 7.16. The number of nitrogens with zero attached hydrogens (tertiary/aromatic N) is 1. The van der Waals surface area contributed by atoms with Crippen LogP contribution in [0.5, 0.6) is 0 Å². The van der Waals surface area contributed by atoms with Crippen LogP contribution in [0.4, 0.5) is 25.8 Å². The standard InChI is InChI=1S/C40H37F2NOS/c1-38(2,3)27-13-19-30(20-14-27)43(31-21-15-28(16-22-31)39(4,5)6)29-17-11-26(12-18-29)36-24-23-32(45-36)25-35-37(44)33-9-7-8-10-34(33)40(35,41)42/h7-25H,1-6H3/b35-25-. The zero-order valence-electron chi connectivity index (χ0n) is 26.5. The molecule has 45 heavy (non-hydrogen) atoms. The monoisotopic (exact) mass is 617 g/mol. The fraction of sp³-hybridized carbons (Fsp3) is 0.225. The summed E-state index contributed by atoms with van der Waals surface area (Å²) in [5, 5.41) is 0. The molecule has 0 saturated heterocycles. The van der Waals surface area contributed by atoms with Crippen LogP contribution in [0.25, 0.3) is 16.5 Å². The molecule has 1 aromatic heterocycles. The van der Waals surface area contributed by atoms with Crippen molar-refractivity contribution in [1.82, 2.24) is 0 Å². The summed E-state index contributed by atoms with van der Waals surface area (Å²) >= 11 is 1.39. The van der Waals surface area contributed by atoms with E-state index in [1.54, 1.807) is 18.2 Å². The van der Waals surface area contributed by atoms with Crippen LogP contribution in [0.1, 0.15) is 73.5 Å². The molecule has 6 rings (SSSR count). The number of Topliss-reactive ketones (excluding diaryl/α,β-unsaturated/α-hetero) is 1. The number of benzene rings is 4. The van der Waals surface area contributed by atoms with Crippen LogP contribution >= 0.6 is 11.3 Å². The zero-order chi connectivity index (χ0) is 32.1. The quantitative estimate of drug-likeness (QED) is 0.183. The largest absolute Gasteiger partial charge is 0.311 e. The van der Waals surface area contributed by atoms with Gasteiger partial charge in [0.05, 0.1) is 5.57 Å². The number of allylic oxidation sites excluding steroid dienone is 1. The van der Waals surface area contributed by atoms with Gasteiger partial charge in [-0.15, -0.1) is 11.3 Å². The van der Waals surface area contributed by atoms with Crippen molar-refractivity contribution in [1.29, 1.82) is 0 Å². The second-order valence-electron chi connectivity index (χ2n) is 13.7. The number of hydrogen-bond donors (Lipinski definition) is 0. The van der Waals surface area contributed by atoms with Crippen LogP contribution in [0.2, 0.25) is 0 Å². The zero-order valence-corrected chi connectivity index (χ0v) is 27.3. The number of thiophene rings is 1. The number of halogens is 2. The Morgan fingerprint density at radius 2 is 1.13 bits per heavy atom. The minimum absolute atomic E-state index is 0.0554. The van der Waals surface area contributed by atoms with Crippen molar-refractivity contribution < 1.29 is 13.6 Å². The molecule has 0 atom stereocenters. The molecule has 5 heteroatoms. The van der Waals surface area contributed by atoms with E-state index in [2.05, 4.69) is 119 Å². The highest BCUT2D eigenvalue weighted by atomic mass is 32.1. The van der Waals surface area contributed by atoms with Crippen molar-refractivity contribution in [2.45, 2.75) is 58.3 Å². The maximum atomic E-state index is 15.1. The fourth-order valence-corrected chi connectivity index (χ4v) is 6.67. The number of anilines is 3. The molecule has 1 aliphatic carbocycles. The Hall–Kier alpha value is -4.35. The van der Waals surface area contributed by atoms with Gasteiger partial charge >= 0.3 is 5.92 Å². The van der Waals surface area contributed by atoms with Gasteiger partial charge in [0.25, 0.3) is 0 Å². The van der Waals surface area contributed by atoms with Crippen molar-refractivity contribution in [3.8, 4) is 10.4 Å². The molecule has 1 heterocycles. The van der Waals surface area contributed by atoms with Crippen molar-refractivity contribution >= 4 is 40.3 Å². The molecule has 0 radical (unpaired) electrons. The molecule has 0 N–H and O–H groups in total. The van der Waals surface area contributed by atoms with E-state index >= 15 is 8.78 Å². The number of carbonyl (C=O) groups is 1. The first-order valence-corrected chi connectivity index (χ1v) is 16.0. The highest BCUT2D eigenvalue weighted by Gasteiger charge is 2.49. The lowest BCUT2D eigenvalue weighted by atomic mass is 9.86. The second kappa shape index (κ2) is 11.2. The summed E-state index contributed by atoms with van der Waals surface area (Å²) in [6.07, 6.45) is 1.34. The molecule has 0 fully saturated rings. The number of fused-ring (bicyclic) bond motifs is 1. The van der Waals surface area contributed by atoms with Gasteiger partial charge in [0, 0.05) is 37.9 Å². The van der Waals surface area contributed by atoms with E-state index in [1.807, 2.05) is 6.07 Å². The minimum atomic E-state index is -3.31. The Morgan fingerprint density at radius 1 is 0.644 bits per heavy atom. The number of rotatable bonds is 5. The molecule has 0 bridgehead atoms. The Kier molecular flexibility index (Phi) is 7.65. The van der Waals surface area contributed by atoms with E-state index in [0.717, 1.165) is 27.5 Å². The van der Waals surface area contributed by atoms with E-state index in [9.17, 15) is 4.79 Å². The average molecular weight is 618 g/mol. The van der Waals surface area contributed by atoms with E-state index < -0.39 is 17.3 Å². The Balaban J connectivity index is 1.32. The molecule has 0 amide bonds. The summed E-state index contributed by atoms with van der Waals surface area (Å²) in [7, 11) is 0. The number of alkyl halides is 2. The van der Waals surface area contributed by atoms with Crippen LogP contribution in [-0.4, -0.2) is 5.78 Å². The third-order valence-corrected chi connectivity index (χ3v) is 9.48. The molecular weight excluding hydrogens is 581 g/mol. The smallest absolute Gasteiger partial charge is 0.303 e. The normalized spacial score (nSPS) is 15.4. The van der Waals surface area contributed by atoms with Gasteiger partial charge in [-0.3, -0.25) is 4.79 Å². The highest BCUT2D eigenvalue weighted by Crippen LogP contribution is 2.47. The first-order valence-electron chi connectivity index (χ1n) is 15.2. The van der Waals surface area contributed by atoms with Gasteiger partial charge in [0.2, 0.25) is 0 Å². The topological polar surface area (TPSA) is 20.3 Å². The maximum Gasteiger partial charge on any atom is 0.303 e. The van der Waals surface area contributed by atoms with E-state index in [1.165, 1.54) is 40.7 Å². The maximum absolute atomic E-state index is 15.1. The average Bonchev–Trinajstić information content (AvgIpc) is 3.55. The molecule has 0 spiro atoms. The third kappa shape index (κ3) is 5.89. The van der Waals surface area contributed by atoms with E-state index in [4.69, 9.17) is 0 Å².